The van der Waals surface area contributed by atoms with E-state index in [0.29, 0.717) is 13.0 Å². The van der Waals surface area contributed by atoms with Crippen molar-refractivity contribution in [3.63, 3.8) is 0 Å². The third kappa shape index (κ3) is 2.54. The van der Waals surface area contributed by atoms with Crippen molar-refractivity contribution in [2.75, 3.05) is 17.6 Å². The summed E-state index contributed by atoms with van der Waals surface area (Å²) in [6, 6.07) is 5.68. The van der Waals surface area contributed by atoms with Crippen LogP contribution in [0.1, 0.15) is 20.3 Å². The first-order chi connectivity index (χ1) is 8.53. The summed E-state index contributed by atoms with van der Waals surface area (Å²) in [5, 5.41) is 15.2. The maximum atomic E-state index is 10.0. The minimum atomic E-state index is -0.712. The molecule has 4 N–H and O–H groups in total. The number of aliphatic hydroxyl groups is 1. The van der Waals surface area contributed by atoms with Crippen molar-refractivity contribution in [1.29, 1.82) is 0 Å². The number of benzene rings is 1. The number of hydrogen-bond acceptors (Lipinski definition) is 4. The van der Waals surface area contributed by atoms with Crippen LogP contribution in [0.15, 0.2) is 30.6 Å². The van der Waals surface area contributed by atoms with Crippen LogP contribution in [0.25, 0.3) is 10.8 Å². The topological polar surface area (TPSA) is 71.2 Å². The van der Waals surface area contributed by atoms with Crippen LogP contribution in [-0.2, 0) is 0 Å². The summed E-state index contributed by atoms with van der Waals surface area (Å²) in [4.78, 5) is 4.12. The van der Waals surface area contributed by atoms with Crippen molar-refractivity contribution in [2.24, 2.45) is 0 Å². The third-order valence-electron chi connectivity index (χ3n) is 3.27. The predicted octanol–water partition coefficient (Wildman–Crippen LogP) is 2.39. The van der Waals surface area contributed by atoms with Crippen LogP contribution in [0.4, 0.5) is 11.4 Å². The van der Waals surface area contributed by atoms with Crippen molar-refractivity contribution in [3.05, 3.63) is 30.6 Å². The normalized spacial score (nSPS) is 14.4. The number of nitrogen functional groups attached to an aromatic ring is 1. The van der Waals surface area contributed by atoms with E-state index in [-0.39, 0.29) is 0 Å². The first-order valence-electron chi connectivity index (χ1n) is 6.12. The van der Waals surface area contributed by atoms with Gasteiger partial charge in [0.05, 0.1) is 5.60 Å². The number of fused-ring (bicyclic) bond motifs is 1. The molecule has 0 radical (unpaired) electrons. The Morgan fingerprint density at radius 1 is 1.33 bits per heavy atom. The molecule has 0 aliphatic carbocycles. The van der Waals surface area contributed by atoms with Gasteiger partial charge in [-0.1, -0.05) is 6.92 Å². The highest BCUT2D eigenvalue weighted by molar-refractivity contribution is 6.00. The Bertz CT molecular complexity index is 552. The fourth-order valence-electron chi connectivity index (χ4n) is 1.78. The minimum absolute atomic E-state index is 0.497. The highest BCUT2D eigenvalue weighted by Crippen LogP contribution is 2.27. The van der Waals surface area contributed by atoms with E-state index in [9.17, 15) is 5.11 Å². The van der Waals surface area contributed by atoms with E-state index in [2.05, 4.69) is 10.3 Å². The molecule has 4 nitrogen and oxygen atoms in total. The average molecular weight is 245 g/mol. The fraction of sp³-hybridized carbons (Fsp3) is 0.357. The summed E-state index contributed by atoms with van der Waals surface area (Å²) in [5.41, 5.74) is 6.90. The summed E-state index contributed by atoms with van der Waals surface area (Å²) in [6.07, 6.45) is 4.21. The molecule has 0 spiro atoms. The van der Waals surface area contributed by atoms with Gasteiger partial charge in [-0.3, -0.25) is 4.98 Å². The molecule has 0 amide bonds. The van der Waals surface area contributed by atoms with Gasteiger partial charge in [-0.15, -0.1) is 0 Å². The Morgan fingerprint density at radius 2 is 2.11 bits per heavy atom. The molecule has 0 saturated heterocycles. The number of hydrogen-bond donors (Lipinski definition) is 3. The number of nitrogens with one attached hydrogen (secondary N) is 1. The number of nitrogens with two attached hydrogens (primary N) is 1. The highest BCUT2D eigenvalue weighted by Gasteiger charge is 2.17. The SMILES string of the molecule is CCC(C)(O)CNc1ccc(N)c2ccncc12. The molecule has 0 fully saturated rings. The van der Waals surface area contributed by atoms with Crippen LogP contribution in [0.2, 0.25) is 0 Å². The zero-order chi connectivity index (χ0) is 13.2. The summed E-state index contributed by atoms with van der Waals surface area (Å²) < 4.78 is 0. The van der Waals surface area contributed by atoms with E-state index >= 15 is 0 Å². The van der Waals surface area contributed by atoms with Gasteiger partial charge in [0.25, 0.3) is 0 Å². The van der Waals surface area contributed by atoms with Crippen molar-refractivity contribution in [2.45, 2.75) is 25.9 Å². The summed E-state index contributed by atoms with van der Waals surface area (Å²) in [6.45, 7) is 4.28. The molecule has 0 aliphatic rings. The molecular formula is C14H19N3O. The van der Waals surface area contributed by atoms with Gasteiger partial charge in [0.1, 0.15) is 0 Å². The molecule has 1 atom stereocenters. The molecular weight excluding hydrogens is 226 g/mol. The predicted molar refractivity (Wildman–Crippen MR) is 75.6 cm³/mol. The Labute approximate surface area is 107 Å². The van der Waals surface area contributed by atoms with Gasteiger partial charge < -0.3 is 16.2 Å². The van der Waals surface area contributed by atoms with Crippen molar-refractivity contribution in [3.8, 4) is 0 Å². The molecule has 2 aromatic rings. The Balaban J connectivity index is 2.32. The Kier molecular flexibility index (Phi) is 3.39. The van der Waals surface area contributed by atoms with Gasteiger partial charge in [-0.25, -0.2) is 0 Å². The first kappa shape index (κ1) is 12.6. The second-order valence-corrected chi connectivity index (χ2v) is 4.83. The lowest BCUT2D eigenvalue weighted by Crippen LogP contribution is -2.32. The lowest BCUT2D eigenvalue weighted by molar-refractivity contribution is 0.0698. The van der Waals surface area contributed by atoms with E-state index < -0.39 is 5.60 Å². The fourth-order valence-corrected chi connectivity index (χ4v) is 1.78. The number of pyridine rings is 1. The smallest absolute Gasteiger partial charge is 0.0788 e. The van der Waals surface area contributed by atoms with Crippen LogP contribution < -0.4 is 11.1 Å². The van der Waals surface area contributed by atoms with Gasteiger partial charge in [0.2, 0.25) is 0 Å². The standard InChI is InChI=1S/C14H19N3O/c1-3-14(2,18)9-17-13-5-4-12(15)10-6-7-16-8-11(10)13/h4-8,17-18H,3,9,15H2,1-2H3. The van der Waals surface area contributed by atoms with Gasteiger partial charge >= 0.3 is 0 Å². The van der Waals surface area contributed by atoms with Crippen LogP contribution in [0, 0.1) is 0 Å². The number of nitrogens with zero attached hydrogens (tertiary/aromatic N) is 1. The lowest BCUT2D eigenvalue weighted by atomic mass is 10.0. The van der Waals surface area contributed by atoms with Crippen molar-refractivity contribution in [1.82, 2.24) is 4.98 Å². The second kappa shape index (κ2) is 4.82. The zero-order valence-corrected chi connectivity index (χ0v) is 10.8. The zero-order valence-electron chi connectivity index (χ0n) is 10.8. The monoisotopic (exact) mass is 245 g/mol. The second-order valence-electron chi connectivity index (χ2n) is 4.83. The van der Waals surface area contributed by atoms with E-state index in [4.69, 9.17) is 5.73 Å². The van der Waals surface area contributed by atoms with E-state index in [0.717, 1.165) is 22.1 Å². The van der Waals surface area contributed by atoms with Crippen molar-refractivity contribution < 1.29 is 5.11 Å². The molecule has 96 valence electrons. The van der Waals surface area contributed by atoms with Gasteiger partial charge in [-0.05, 0) is 31.5 Å². The molecule has 0 bridgehead atoms. The Hall–Kier alpha value is -1.81. The Morgan fingerprint density at radius 3 is 2.83 bits per heavy atom. The highest BCUT2D eigenvalue weighted by atomic mass is 16.3. The minimum Gasteiger partial charge on any atom is -0.398 e. The molecule has 1 unspecified atom stereocenters. The number of rotatable bonds is 4. The molecule has 2 rings (SSSR count). The quantitative estimate of drug-likeness (QED) is 0.723. The number of aromatic nitrogens is 1. The third-order valence-corrected chi connectivity index (χ3v) is 3.27. The first-order valence-corrected chi connectivity index (χ1v) is 6.12. The molecule has 18 heavy (non-hydrogen) atoms. The molecule has 0 aliphatic heterocycles. The van der Waals surface area contributed by atoms with E-state index in [1.807, 2.05) is 32.0 Å². The maximum absolute atomic E-state index is 10.0. The van der Waals surface area contributed by atoms with Gasteiger partial charge in [0.15, 0.2) is 0 Å². The largest absolute Gasteiger partial charge is 0.398 e. The van der Waals surface area contributed by atoms with E-state index in [1.165, 1.54) is 0 Å². The van der Waals surface area contributed by atoms with Gasteiger partial charge in [-0.2, -0.15) is 0 Å². The molecule has 0 saturated carbocycles. The summed E-state index contributed by atoms with van der Waals surface area (Å²) in [5.74, 6) is 0. The van der Waals surface area contributed by atoms with Gasteiger partial charge in [0, 0.05) is 41.1 Å². The van der Waals surface area contributed by atoms with E-state index in [1.54, 1.807) is 12.4 Å². The summed E-state index contributed by atoms with van der Waals surface area (Å²) in [7, 11) is 0. The molecule has 1 aromatic carbocycles. The number of anilines is 2. The average Bonchev–Trinajstić information content (AvgIpc) is 2.38. The van der Waals surface area contributed by atoms with Crippen molar-refractivity contribution >= 4 is 22.1 Å². The lowest BCUT2D eigenvalue weighted by Gasteiger charge is -2.23. The summed E-state index contributed by atoms with van der Waals surface area (Å²) >= 11 is 0. The van der Waals surface area contributed by atoms with Crippen LogP contribution in [-0.4, -0.2) is 22.2 Å². The molecule has 4 heteroatoms. The van der Waals surface area contributed by atoms with Crippen LogP contribution in [0.3, 0.4) is 0 Å². The maximum Gasteiger partial charge on any atom is 0.0788 e. The van der Waals surface area contributed by atoms with Crippen LogP contribution in [0.5, 0.6) is 0 Å². The molecule has 1 aromatic heterocycles. The molecule has 1 heterocycles. The van der Waals surface area contributed by atoms with Crippen LogP contribution >= 0.6 is 0 Å².